The zero-order valence-electron chi connectivity index (χ0n) is 17.0. The number of rotatable bonds is 10. The van der Waals surface area contributed by atoms with E-state index in [1.165, 1.54) is 0 Å². The van der Waals surface area contributed by atoms with Gasteiger partial charge in [0, 0.05) is 6.61 Å². The molecule has 0 saturated carbocycles. The van der Waals surface area contributed by atoms with Crippen molar-refractivity contribution in [1.82, 2.24) is 0 Å². The molecule has 0 heterocycles. The van der Waals surface area contributed by atoms with E-state index >= 15 is 0 Å². The van der Waals surface area contributed by atoms with E-state index in [0.717, 1.165) is 28.2 Å². The molecule has 0 atom stereocenters. The van der Waals surface area contributed by atoms with Crippen LogP contribution in [0.4, 0.5) is 0 Å². The Balaban J connectivity index is 2.15. The van der Waals surface area contributed by atoms with Crippen LogP contribution in [-0.4, -0.2) is 27.4 Å². The fourth-order valence-corrected chi connectivity index (χ4v) is 3.50. The Morgan fingerprint density at radius 2 is 1.14 bits per heavy atom. The average Bonchev–Trinajstić information content (AvgIpc) is 2.80. The van der Waals surface area contributed by atoms with Crippen LogP contribution in [0.5, 0.6) is 11.5 Å². The van der Waals surface area contributed by atoms with Gasteiger partial charge in [-0.25, -0.2) is 5.11 Å². The van der Waals surface area contributed by atoms with Crippen molar-refractivity contribution < 1.29 is 19.3 Å². The maximum atomic E-state index is 10.9. The monoisotopic (exact) mass is 391 g/mol. The molecule has 0 aliphatic heterocycles. The van der Waals surface area contributed by atoms with Gasteiger partial charge in [0.05, 0.1) is 20.8 Å². The fourth-order valence-electron chi connectivity index (χ4n) is 3.50. The SMILES string of the molecule is COc1ccc(C(OCCCC[O])(c2ccccc2)c2ccc(OC)cc2)cc1. The van der Waals surface area contributed by atoms with Gasteiger partial charge < -0.3 is 14.2 Å². The normalized spacial score (nSPS) is 11.3. The second kappa shape index (κ2) is 10.1. The van der Waals surface area contributed by atoms with E-state index in [4.69, 9.17) is 14.2 Å². The van der Waals surface area contributed by atoms with Crippen molar-refractivity contribution in [1.29, 1.82) is 0 Å². The molecule has 0 bridgehead atoms. The minimum absolute atomic E-state index is 0.0905. The number of unbranched alkanes of at least 4 members (excludes halogenated alkanes) is 1. The molecular formula is C25H27O4. The van der Waals surface area contributed by atoms with Crippen LogP contribution in [0.1, 0.15) is 29.5 Å². The van der Waals surface area contributed by atoms with Crippen molar-refractivity contribution in [3.05, 3.63) is 95.6 Å². The summed E-state index contributed by atoms with van der Waals surface area (Å²) in [5, 5.41) is 10.9. The zero-order chi connectivity index (χ0) is 20.5. The minimum Gasteiger partial charge on any atom is -0.497 e. The van der Waals surface area contributed by atoms with Crippen LogP contribution < -0.4 is 9.47 Å². The summed E-state index contributed by atoms with van der Waals surface area (Å²) in [7, 11) is 3.31. The number of hydrogen-bond donors (Lipinski definition) is 0. The smallest absolute Gasteiger partial charge is 0.143 e. The van der Waals surface area contributed by atoms with Gasteiger partial charge in [-0.15, -0.1) is 0 Å². The lowest BCUT2D eigenvalue weighted by atomic mass is 9.80. The summed E-state index contributed by atoms with van der Waals surface area (Å²) in [6.45, 7) is 0.391. The third-order valence-electron chi connectivity index (χ3n) is 5.03. The first-order valence-electron chi connectivity index (χ1n) is 9.81. The lowest BCUT2D eigenvalue weighted by Gasteiger charge is -2.36. The highest BCUT2D eigenvalue weighted by atomic mass is 16.5. The fraction of sp³-hybridized carbons (Fsp3) is 0.280. The largest absolute Gasteiger partial charge is 0.497 e. The van der Waals surface area contributed by atoms with Crippen molar-refractivity contribution in [2.45, 2.75) is 18.4 Å². The standard InChI is InChI=1S/C25H27O4/c1-27-23-14-10-21(11-15-23)25(29-19-7-6-18-26,20-8-4-3-5-9-20)22-12-16-24(28-2)17-13-22/h3-5,8-17H,6-7,18-19H2,1-2H3. The van der Waals surface area contributed by atoms with Gasteiger partial charge in [-0.1, -0.05) is 54.6 Å². The van der Waals surface area contributed by atoms with E-state index in [2.05, 4.69) is 12.1 Å². The third kappa shape index (κ3) is 4.61. The van der Waals surface area contributed by atoms with E-state index < -0.39 is 5.60 Å². The Morgan fingerprint density at radius 3 is 1.59 bits per heavy atom. The molecular weight excluding hydrogens is 364 g/mol. The Hall–Kier alpha value is -2.82. The highest BCUT2D eigenvalue weighted by Gasteiger charge is 2.37. The second-order valence-electron chi connectivity index (χ2n) is 6.76. The predicted octanol–water partition coefficient (Wildman–Crippen LogP) is 5.22. The molecule has 0 amide bonds. The summed E-state index contributed by atoms with van der Waals surface area (Å²) in [6, 6.07) is 26.1. The van der Waals surface area contributed by atoms with Crippen molar-refractivity contribution in [3.8, 4) is 11.5 Å². The van der Waals surface area contributed by atoms with Crippen molar-refractivity contribution in [3.63, 3.8) is 0 Å². The van der Waals surface area contributed by atoms with E-state index in [-0.39, 0.29) is 6.61 Å². The van der Waals surface area contributed by atoms with Gasteiger partial charge in [0.2, 0.25) is 0 Å². The zero-order valence-corrected chi connectivity index (χ0v) is 17.0. The second-order valence-corrected chi connectivity index (χ2v) is 6.76. The first-order chi connectivity index (χ1) is 14.2. The van der Waals surface area contributed by atoms with Crippen LogP contribution in [0.3, 0.4) is 0 Å². The number of methoxy groups -OCH3 is 2. The molecule has 0 saturated heterocycles. The van der Waals surface area contributed by atoms with Gasteiger partial charge in [-0.2, -0.15) is 0 Å². The Morgan fingerprint density at radius 1 is 0.655 bits per heavy atom. The van der Waals surface area contributed by atoms with Gasteiger partial charge in [-0.3, -0.25) is 0 Å². The summed E-state index contributed by atoms with van der Waals surface area (Å²) in [5.74, 6) is 1.58. The summed E-state index contributed by atoms with van der Waals surface area (Å²) in [4.78, 5) is 0. The lowest BCUT2D eigenvalue weighted by molar-refractivity contribution is 0.00808. The van der Waals surface area contributed by atoms with Crippen molar-refractivity contribution in [2.24, 2.45) is 0 Å². The Labute approximate surface area is 172 Å². The van der Waals surface area contributed by atoms with Gasteiger partial charge in [0.25, 0.3) is 0 Å². The first kappa shape index (κ1) is 20.9. The van der Waals surface area contributed by atoms with E-state index in [0.29, 0.717) is 19.4 Å². The molecule has 0 aliphatic rings. The molecule has 1 radical (unpaired) electrons. The van der Waals surface area contributed by atoms with Crippen molar-refractivity contribution in [2.75, 3.05) is 27.4 Å². The first-order valence-corrected chi connectivity index (χ1v) is 9.81. The van der Waals surface area contributed by atoms with Crippen molar-refractivity contribution >= 4 is 0 Å². The van der Waals surface area contributed by atoms with Crippen LogP contribution in [0.15, 0.2) is 78.9 Å². The molecule has 0 unspecified atom stereocenters. The molecule has 0 spiro atoms. The van der Waals surface area contributed by atoms with E-state index in [1.807, 2.05) is 66.7 Å². The molecule has 0 aliphatic carbocycles. The Kier molecular flexibility index (Phi) is 7.28. The summed E-state index contributed by atoms with van der Waals surface area (Å²) >= 11 is 0. The number of benzene rings is 3. The van der Waals surface area contributed by atoms with Gasteiger partial charge >= 0.3 is 0 Å². The highest BCUT2D eigenvalue weighted by molar-refractivity contribution is 5.49. The average molecular weight is 391 g/mol. The molecule has 4 heteroatoms. The highest BCUT2D eigenvalue weighted by Crippen LogP contribution is 2.41. The van der Waals surface area contributed by atoms with E-state index in [9.17, 15) is 5.11 Å². The van der Waals surface area contributed by atoms with Crippen LogP contribution in [0, 0.1) is 0 Å². The number of hydrogen-bond acceptors (Lipinski definition) is 3. The molecule has 0 aromatic heterocycles. The van der Waals surface area contributed by atoms with Crippen LogP contribution in [-0.2, 0) is 15.4 Å². The topological polar surface area (TPSA) is 47.6 Å². The summed E-state index contributed by atoms with van der Waals surface area (Å²) in [6.07, 6.45) is 1.31. The third-order valence-corrected chi connectivity index (χ3v) is 5.03. The lowest BCUT2D eigenvalue weighted by Crippen LogP contribution is -2.33. The molecule has 151 valence electrons. The Bertz CT molecular complexity index is 810. The van der Waals surface area contributed by atoms with E-state index in [1.54, 1.807) is 14.2 Å². The molecule has 0 N–H and O–H groups in total. The molecule has 29 heavy (non-hydrogen) atoms. The van der Waals surface area contributed by atoms with Crippen LogP contribution in [0.25, 0.3) is 0 Å². The minimum atomic E-state index is -0.803. The van der Waals surface area contributed by atoms with Crippen LogP contribution in [0.2, 0.25) is 0 Å². The van der Waals surface area contributed by atoms with Gasteiger partial charge in [0.1, 0.15) is 17.1 Å². The molecule has 4 nitrogen and oxygen atoms in total. The van der Waals surface area contributed by atoms with Gasteiger partial charge in [0.15, 0.2) is 0 Å². The summed E-state index contributed by atoms with van der Waals surface area (Å²) < 4.78 is 17.3. The molecule has 3 aromatic carbocycles. The van der Waals surface area contributed by atoms with Gasteiger partial charge in [-0.05, 0) is 53.8 Å². The maximum absolute atomic E-state index is 10.9. The predicted molar refractivity (Wildman–Crippen MR) is 113 cm³/mol. The van der Waals surface area contributed by atoms with Crippen LogP contribution >= 0.6 is 0 Å². The maximum Gasteiger partial charge on any atom is 0.143 e. The summed E-state index contributed by atoms with van der Waals surface area (Å²) in [5.41, 5.74) is 2.22. The molecule has 3 rings (SSSR count). The molecule has 0 fully saturated rings. The number of ether oxygens (including phenoxy) is 3. The quantitative estimate of drug-likeness (QED) is 0.351. The molecule has 3 aromatic rings.